The monoisotopic (exact) mass is 331 g/mol. The Balaban J connectivity index is 1.66. The first-order valence-corrected chi connectivity index (χ1v) is 8.45. The van der Waals surface area contributed by atoms with Crippen molar-refractivity contribution in [1.29, 1.82) is 0 Å². The van der Waals surface area contributed by atoms with Crippen molar-refractivity contribution in [2.75, 3.05) is 32.6 Å². The quantitative estimate of drug-likeness (QED) is 0.863. The lowest BCUT2D eigenvalue weighted by atomic mass is 10.1. The van der Waals surface area contributed by atoms with Gasteiger partial charge in [0.25, 0.3) is 0 Å². The van der Waals surface area contributed by atoms with Crippen LogP contribution in [-0.2, 0) is 24.2 Å². The van der Waals surface area contributed by atoms with Gasteiger partial charge in [-0.05, 0) is 17.7 Å². The number of rotatable bonds is 4. The summed E-state index contributed by atoms with van der Waals surface area (Å²) >= 11 is 1.68. The minimum absolute atomic E-state index is 0.167. The average molecular weight is 331 g/mol. The molecular weight excluding hydrogens is 310 g/mol. The summed E-state index contributed by atoms with van der Waals surface area (Å²) in [5.74, 6) is 0.977. The normalized spacial score (nSPS) is 13.6. The van der Waals surface area contributed by atoms with Crippen molar-refractivity contribution in [3.63, 3.8) is 0 Å². The first kappa shape index (κ1) is 15.8. The van der Waals surface area contributed by atoms with Gasteiger partial charge in [0.15, 0.2) is 5.13 Å². The number of thiazole rings is 1. The number of aromatic nitrogens is 1. The van der Waals surface area contributed by atoms with Crippen LogP contribution >= 0.6 is 11.3 Å². The Morgan fingerprint density at radius 3 is 2.74 bits per heavy atom. The van der Waals surface area contributed by atoms with Gasteiger partial charge in [-0.2, -0.15) is 0 Å². The molecule has 0 atom stereocenters. The fourth-order valence-electron chi connectivity index (χ4n) is 2.62. The molecular formula is C17H21N3O2S. The lowest BCUT2D eigenvalue weighted by Gasteiger charge is -2.26. The van der Waals surface area contributed by atoms with Crippen molar-refractivity contribution in [1.82, 2.24) is 9.88 Å². The molecule has 0 fully saturated rings. The topological polar surface area (TPSA) is 45.7 Å². The van der Waals surface area contributed by atoms with Crippen LogP contribution in [0.15, 0.2) is 24.3 Å². The van der Waals surface area contributed by atoms with Crippen LogP contribution in [-0.4, -0.2) is 43.5 Å². The van der Waals surface area contributed by atoms with E-state index in [-0.39, 0.29) is 5.91 Å². The summed E-state index contributed by atoms with van der Waals surface area (Å²) in [6.07, 6.45) is 1.27. The number of ether oxygens (including phenoxy) is 1. The number of carbonyl (C=O) groups is 1. The zero-order valence-electron chi connectivity index (χ0n) is 13.7. The Morgan fingerprint density at radius 2 is 2.09 bits per heavy atom. The van der Waals surface area contributed by atoms with Gasteiger partial charge in [-0.15, -0.1) is 0 Å². The number of methoxy groups -OCH3 is 1. The van der Waals surface area contributed by atoms with Crippen molar-refractivity contribution in [3.05, 3.63) is 40.4 Å². The first-order valence-electron chi connectivity index (χ1n) is 7.63. The fraction of sp³-hybridized carbons (Fsp3) is 0.412. The number of anilines is 1. The number of nitrogens with zero attached hydrogens (tertiary/aromatic N) is 3. The van der Waals surface area contributed by atoms with Gasteiger partial charge in [0.1, 0.15) is 5.75 Å². The maximum Gasteiger partial charge on any atom is 0.227 e. The molecule has 122 valence electrons. The molecule has 0 spiro atoms. The Labute approximate surface area is 140 Å². The molecule has 2 heterocycles. The molecule has 5 nitrogen and oxygen atoms in total. The van der Waals surface area contributed by atoms with Crippen LogP contribution < -0.4 is 9.64 Å². The molecule has 0 unspecified atom stereocenters. The van der Waals surface area contributed by atoms with Gasteiger partial charge in [-0.3, -0.25) is 4.79 Å². The van der Waals surface area contributed by atoms with Crippen LogP contribution in [0.2, 0.25) is 0 Å². The molecule has 0 saturated heterocycles. The van der Waals surface area contributed by atoms with Crippen molar-refractivity contribution in [2.45, 2.75) is 19.4 Å². The second-order valence-electron chi connectivity index (χ2n) is 5.85. The summed E-state index contributed by atoms with van der Waals surface area (Å²) in [6, 6.07) is 7.68. The van der Waals surface area contributed by atoms with E-state index in [1.54, 1.807) is 18.4 Å². The second kappa shape index (κ2) is 6.58. The molecule has 0 bridgehead atoms. The van der Waals surface area contributed by atoms with Crippen LogP contribution in [0.4, 0.5) is 5.13 Å². The largest absolute Gasteiger partial charge is 0.497 e. The number of hydrogen-bond acceptors (Lipinski definition) is 5. The van der Waals surface area contributed by atoms with Crippen LogP contribution in [0.3, 0.4) is 0 Å². The van der Waals surface area contributed by atoms with E-state index in [2.05, 4.69) is 4.98 Å². The molecule has 0 N–H and O–H groups in total. The lowest BCUT2D eigenvalue weighted by Crippen LogP contribution is -2.36. The van der Waals surface area contributed by atoms with E-state index in [1.807, 2.05) is 48.2 Å². The molecule has 1 aromatic carbocycles. The maximum atomic E-state index is 12.5. The van der Waals surface area contributed by atoms with Gasteiger partial charge in [0, 0.05) is 31.9 Å². The molecule has 1 aliphatic heterocycles. The Bertz CT molecular complexity index is 694. The van der Waals surface area contributed by atoms with E-state index in [1.165, 1.54) is 4.88 Å². The highest BCUT2D eigenvalue weighted by Gasteiger charge is 2.24. The predicted octanol–water partition coefficient (Wildman–Crippen LogP) is 2.35. The van der Waals surface area contributed by atoms with E-state index < -0.39 is 0 Å². The van der Waals surface area contributed by atoms with E-state index in [0.29, 0.717) is 13.0 Å². The minimum atomic E-state index is 0.167. The molecule has 23 heavy (non-hydrogen) atoms. The Hall–Kier alpha value is -2.08. The standard InChI is InChI=1S/C17H21N3O2S/c1-19(2)17-18-14-8-9-20(11-15(14)23-17)16(21)10-12-4-6-13(22-3)7-5-12/h4-7H,8-11H2,1-3H3. The molecule has 0 radical (unpaired) electrons. The number of benzene rings is 1. The van der Waals surface area contributed by atoms with Crippen LogP contribution in [0, 0.1) is 0 Å². The van der Waals surface area contributed by atoms with Crippen molar-refractivity contribution >= 4 is 22.4 Å². The van der Waals surface area contributed by atoms with E-state index in [0.717, 1.165) is 35.1 Å². The summed E-state index contributed by atoms with van der Waals surface area (Å²) < 4.78 is 5.15. The maximum absolute atomic E-state index is 12.5. The fourth-order valence-corrected chi connectivity index (χ4v) is 3.66. The van der Waals surface area contributed by atoms with Crippen LogP contribution in [0.1, 0.15) is 16.1 Å². The molecule has 1 aliphatic rings. The molecule has 2 aromatic rings. The first-order chi connectivity index (χ1) is 11.1. The van der Waals surface area contributed by atoms with Gasteiger partial charge in [-0.25, -0.2) is 4.98 Å². The van der Waals surface area contributed by atoms with Crippen LogP contribution in [0.5, 0.6) is 5.75 Å². The van der Waals surface area contributed by atoms with Crippen LogP contribution in [0.25, 0.3) is 0 Å². The molecule has 6 heteroatoms. The van der Waals surface area contributed by atoms with E-state index >= 15 is 0 Å². The summed E-state index contributed by atoms with van der Waals surface area (Å²) in [5, 5.41) is 1.01. The van der Waals surface area contributed by atoms with Gasteiger partial charge >= 0.3 is 0 Å². The van der Waals surface area contributed by atoms with Gasteiger partial charge in [-0.1, -0.05) is 23.5 Å². The number of carbonyl (C=O) groups excluding carboxylic acids is 1. The SMILES string of the molecule is COc1ccc(CC(=O)N2CCc3nc(N(C)C)sc3C2)cc1. The van der Waals surface area contributed by atoms with Crippen molar-refractivity contribution in [2.24, 2.45) is 0 Å². The Kier molecular flexibility index (Phi) is 4.52. The van der Waals surface area contributed by atoms with E-state index in [9.17, 15) is 4.79 Å². The summed E-state index contributed by atoms with van der Waals surface area (Å²) in [5.41, 5.74) is 2.16. The molecule has 1 aromatic heterocycles. The zero-order chi connectivity index (χ0) is 16.4. The third-order valence-corrected chi connectivity index (χ3v) is 5.22. The third-order valence-electron chi connectivity index (χ3n) is 3.97. The summed E-state index contributed by atoms with van der Waals surface area (Å²) in [6.45, 7) is 1.43. The average Bonchev–Trinajstić information content (AvgIpc) is 2.99. The molecule has 1 amide bonds. The highest BCUT2D eigenvalue weighted by molar-refractivity contribution is 7.15. The summed E-state index contributed by atoms with van der Waals surface area (Å²) in [4.78, 5) is 22.3. The molecule has 0 saturated carbocycles. The number of hydrogen-bond donors (Lipinski definition) is 0. The van der Waals surface area contributed by atoms with E-state index in [4.69, 9.17) is 4.74 Å². The van der Waals surface area contributed by atoms with Gasteiger partial charge < -0.3 is 14.5 Å². The molecule has 0 aliphatic carbocycles. The number of fused-ring (bicyclic) bond motifs is 1. The van der Waals surface area contributed by atoms with Crippen molar-refractivity contribution in [3.8, 4) is 5.75 Å². The van der Waals surface area contributed by atoms with Gasteiger partial charge in [0.05, 0.1) is 25.8 Å². The van der Waals surface area contributed by atoms with Crippen molar-refractivity contribution < 1.29 is 9.53 Å². The summed E-state index contributed by atoms with van der Waals surface area (Å²) in [7, 11) is 5.64. The minimum Gasteiger partial charge on any atom is -0.497 e. The Morgan fingerprint density at radius 1 is 1.35 bits per heavy atom. The third kappa shape index (κ3) is 3.47. The second-order valence-corrected chi connectivity index (χ2v) is 6.91. The lowest BCUT2D eigenvalue weighted by molar-refractivity contribution is -0.131. The predicted molar refractivity (Wildman–Crippen MR) is 92.3 cm³/mol. The van der Waals surface area contributed by atoms with Gasteiger partial charge in [0.2, 0.25) is 5.91 Å². The molecule has 3 rings (SSSR count). The smallest absolute Gasteiger partial charge is 0.227 e. The highest BCUT2D eigenvalue weighted by atomic mass is 32.1. The zero-order valence-corrected chi connectivity index (χ0v) is 14.5. The highest BCUT2D eigenvalue weighted by Crippen LogP contribution is 2.29. The number of amides is 1.